The summed E-state index contributed by atoms with van der Waals surface area (Å²) in [5, 5.41) is 3.37. The summed E-state index contributed by atoms with van der Waals surface area (Å²) < 4.78 is 15.2. The van der Waals surface area contributed by atoms with Gasteiger partial charge < -0.3 is 15.0 Å². The van der Waals surface area contributed by atoms with E-state index >= 15 is 0 Å². The SMILES string of the molecule is CC(=O)c1c(C)[nH]c(C(c2ccc(F)cc2)c2ccc(C(c3[nH]c(C)c(C(C)=O)c3C)c3csc4ccccc34)[nH]2)c1C. The number of aryl methyl sites for hydroxylation is 2. The molecule has 2 unspecified atom stereocenters. The molecule has 4 heterocycles. The van der Waals surface area contributed by atoms with Gasteiger partial charge in [0.1, 0.15) is 5.82 Å². The van der Waals surface area contributed by atoms with Crippen molar-refractivity contribution in [3.8, 4) is 0 Å². The molecule has 5 nitrogen and oxygen atoms in total. The van der Waals surface area contributed by atoms with E-state index in [0.29, 0.717) is 5.56 Å². The Morgan fingerprint density at radius 1 is 0.698 bits per heavy atom. The maximum Gasteiger partial charge on any atom is 0.161 e. The minimum Gasteiger partial charge on any atom is -0.361 e. The Hall–Kier alpha value is -4.49. The van der Waals surface area contributed by atoms with Gasteiger partial charge in [0, 0.05) is 50.0 Å². The molecule has 7 heteroatoms. The van der Waals surface area contributed by atoms with Crippen LogP contribution >= 0.6 is 11.3 Å². The number of fused-ring (bicyclic) bond motifs is 1. The average Bonchev–Trinajstić information content (AvgIpc) is 3.73. The zero-order valence-corrected chi connectivity index (χ0v) is 25.9. The number of ketones is 2. The topological polar surface area (TPSA) is 81.5 Å². The standard InChI is InChI=1S/C36H34FN3O2S/c1-18-31(22(5)41)20(3)38-35(18)33(24-11-13-25(37)14-12-24)28-15-16-29(40-28)34(27-17-43-30-10-8-7-9-26(27)30)36-19(2)32(23(6)42)21(4)39-36/h7-17,33-34,38-40H,1-6H3. The van der Waals surface area contributed by atoms with Gasteiger partial charge in [-0.15, -0.1) is 11.3 Å². The highest BCUT2D eigenvalue weighted by Gasteiger charge is 2.30. The summed E-state index contributed by atoms with van der Waals surface area (Å²) in [5.41, 5.74) is 10.7. The Labute approximate surface area is 254 Å². The number of thiophene rings is 1. The summed E-state index contributed by atoms with van der Waals surface area (Å²) in [5.74, 6) is -0.744. The highest BCUT2D eigenvalue weighted by molar-refractivity contribution is 7.17. The number of nitrogens with one attached hydrogen (secondary N) is 3. The first-order chi connectivity index (χ1) is 20.6. The number of H-pyrrole nitrogens is 3. The Bertz CT molecular complexity index is 2000. The third kappa shape index (κ3) is 4.87. The van der Waals surface area contributed by atoms with Crippen LogP contribution in [0, 0.1) is 33.5 Å². The van der Waals surface area contributed by atoms with Crippen LogP contribution in [0.15, 0.2) is 66.0 Å². The number of aromatic nitrogens is 3. The number of aromatic amines is 3. The lowest BCUT2D eigenvalue weighted by Gasteiger charge is -2.19. The van der Waals surface area contributed by atoms with Crippen molar-refractivity contribution in [2.24, 2.45) is 0 Å². The first-order valence-corrected chi connectivity index (χ1v) is 15.2. The number of Topliss-reactive ketones (excluding diaryl/α,β-unsaturated/α-hetero) is 2. The second-order valence-electron chi connectivity index (χ2n) is 11.4. The number of rotatable bonds is 8. The van der Waals surface area contributed by atoms with Crippen LogP contribution < -0.4 is 0 Å². The van der Waals surface area contributed by atoms with Crippen molar-refractivity contribution < 1.29 is 14.0 Å². The molecule has 0 saturated heterocycles. The van der Waals surface area contributed by atoms with Crippen LogP contribution in [0.1, 0.15) is 103 Å². The Morgan fingerprint density at radius 3 is 1.79 bits per heavy atom. The van der Waals surface area contributed by atoms with E-state index in [1.807, 2.05) is 33.8 Å². The van der Waals surface area contributed by atoms with Crippen molar-refractivity contribution in [1.29, 1.82) is 0 Å². The average molecular weight is 592 g/mol. The first kappa shape index (κ1) is 28.6. The molecule has 0 amide bonds. The predicted octanol–water partition coefficient (Wildman–Crippen LogP) is 9.02. The maximum atomic E-state index is 14.0. The summed E-state index contributed by atoms with van der Waals surface area (Å²) in [6.07, 6.45) is 0. The van der Waals surface area contributed by atoms with Gasteiger partial charge in [-0.2, -0.15) is 0 Å². The second-order valence-corrected chi connectivity index (χ2v) is 12.3. The number of carbonyl (C=O) groups is 2. The summed E-state index contributed by atoms with van der Waals surface area (Å²) in [7, 11) is 0. The molecule has 2 aromatic carbocycles. The van der Waals surface area contributed by atoms with Gasteiger partial charge in [0.15, 0.2) is 11.6 Å². The fourth-order valence-corrected chi connectivity index (χ4v) is 7.79. The number of halogens is 1. The monoisotopic (exact) mass is 591 g/mol. The molecule has 0 saturated carbocycles. The van der Waals surface area contributed by atoms with Crippen LogP contribution in [-0.2, 0) is 0 Å². The van der Waals surface area contributed by atoms with Crippen LogP contribution in [0.25, 0.3) is 10.1 Å². The minimum atomic E-state index is -0.304. The largest absolute Gasteiger partial charge is 0.361 e. The van der Waals surface area contributed by atoms with E-state index in [-0.39, 0.29) is 29.2 Å². The summed E-state index contributed by atoms with van der Waals surface area (Å²) in [6.45, 7) is 11.0. The van der Waals surface area contributed by atoms with Gasteiger partial charge in [0.2, 0.25) is 0 Å². The van der Waals surface area contributed by atoms with Gasteiger partial charge in [-0.05, 0) is 105 Å². The fourth-order valence-electron chi connectivity index (χ4n) is 6.81. The number of benzene rings is 2. The maximum absolute atomic E-state index is 14.0. The molecule has 0 bridgehead atoms. The molecule has 2 atom stereocenters. The van der Waals surface area contributed by atoms with Crippen molar-refractivity contribution >= 4 is 33.0 Å². The Balaban J connectivity index is 1.57. The van der Waals surface area contributed by atoms with Gasteiger partial charge >= 0.3 is 0 Å². The van der Waals surface area contributed by atoms with Crippen LogP contribution in [0.4, 0.5) is 4.39 Å². The molecular weight excluding hydrogens is 557 g/mol. The number of carbonyl (C=O) groups excluding carboxylic acids is 2. The van der Waals surface area contributed by atoms with E-state index in [2.05, 4.69) is 50.7 Å². The van der Waals surface area contributed by atoms with Crippen molar-refractivity contribution in [2.45, 2.75) is 53.4 Å². The summed E-state index contributed by atoms with van der Waals surface area (Å²) in [6, 6.07) is 19.1. The lowest BCUT2D eigenvalue weighted by Crippen LogP contribution is -2.09. The van der Waals surface area contributed by atoms with E-state index in [1.54, 1.807) is 37.3 Å². The van der Waals surface area contributed by atoms with Crippen molar-refractivity contribution in [2.75, 3.05) is 0 Å². The normalized spacial score (nSPS) is 13.0. The molecule has 6 aromatic rings. The van der Waals surface area contributed by atoms with Gasteiger partial charge in [-0.3, -0.25) is 9.59 Å². The van der Waals surface area contributed by atoms with E-state index < -0.39 is 0 Å². The van der Waals surface area contributed by atoms with Crippen LogP contribution in [0.3, 0.4) is 0 Å². The highest BCUT2D eigenvalue weighted by atomic mass is 32.1. The Morgan fingerprint density at radius 2 is 1.23 bits per heavy atom. The molecule has 218 valence electrons. The number of hydrogen-bond acceptors (Lipinski definition) is 3. The van der Waals surface area contributed by atoms with Crippen LogP contribution in [0.2, 0.25) is 0 Å². The molecule has 0 radical (unpaired) electrons. The van der Waals surface area contributed by atoms with E-state index in [4.69, 9.17) is 0 Å². The molecule has 3 N–H and O–H groups in total. The van der Waals surface area contributed by atoms with Crippen LogP contribution in [-0.4, -0.2) is 26.5 Å². The van der Waals surface area contributed by atoms with Crippen molar-refractivity contribution in [1.82, 2.24) is 15.0 Å². The zero-order chi connectivity index (χ0) is 30.6. The fraction of sp³-hybridized carbons (Fsp3) is 0.222. The minimum absolute atomic E-state index is 0.00537. The first-order valence-electron chi connectivity index (χ1n) is 14.4. The summed E-state index contributed by atoms with van der Waals surface area (Å²) >= 11 is 1.70. The van der Waals surface area contributed by atoms with Gasteiger partial charge in [-0.25, -0.2) is 4.39 Å². The van der Waals surface area contributed by atoms with Crippen LogP contribution in [0.5, 0.6) is 0 Å². The summed E-state index contributed by atoms with van der Waals surface area (Å²) in [4.78, 5) is 35.9. The third-order valence-corrected chi connectivity index (χ3v) is 9.59. The third-order valence-electron chi connectivity index (χ3n) is 8.61. The van der Waals surface area contributed by atoms with E-state index in [0.717, 1.165) is 62.0 Å². The molecule has 0 aliphatic heterocycles. The number of hydrogen-bond donors (Lipinski definition) is 3. The molecule has 0 aliphatic carbocycles. The lowest BCUT2D eigenvalue weighted by atomic mass is 9.89. The van der Waals surface area contributed by atoms with Gasteiger partial charge in [0.05, 0.1) is 11.8 Å². The predicted molar refractivity (Wildman–Crippen MR) is 171 cm³/mol. The van der Waals surface area contributed by atoms with Gasteiger partial charge in [0.25, 0.3) is 0 Å². The molecular formula is C36H34FN3O2S. The van der Waals surface area contributed by atoms with Crippen molar-refractivity contribution in [3.05, 3.63) is 139 Å². The van der Waals surface area contributed by atoms with E-state index in [1.165, 1.54) is 22.2 Å². The van der Waals surface area contributed by atoms with Crippen molar-refractivity contribution in [3.63, 3.8) is 0 Å². The lowest BCUT2D eigenvalue weighted by molar-refractivity contribution is 0.100. The van der Waals surface area contributed by atoms with E-state index in [9.17, 15) is 14.0 Å². The second kappa shape index (κ2) is 11.0. The molecule has 43 heavy (non-hydrogen) atoms. The van der Waals surface area contributed by atoms with Gasteiger partial charge in [-0.1, -0.05) is 30.3 Å². The molecule has 6 rings (SSSR count). The smallest absolute Gasteiger partial charge is 0.161 e. The molecule has 4 aromatic heterocycles. The molecule has 0 aliphatic rings. The highest BCUT2D eigenvalue weighted by Crippen LogP contribution is 2.42. The molecule has 0 fully saturated rings. The quantitative estimate of drug-likeness (QED) is 0.154. The molecule has 0 spiro atoms. The zero-order valence-electron chi connectivity index (χ0n) is 25.1. The Kier molecular flexibility index (Phi) is 7.30.